The highest BCUT2D eigenvalue weighted by Gasteiger charge is 2.11. The first kappa shape index (κ1) is 16.0. The smallest absolute Gasteiger partial charge is 0.155 e. The van der Waals surface area contributed by atoms with Crippen molar-refractivity contribution in [3.8, 4) is 34.1 Å². The summed E-state index contributed by atoms with van der Waals surface area (Å²) in [4.78, 5) is 8.92. The summed E-state index contributed by atoms with van der Waals surface area (Å²) >= 11 is 0. The third-order valence-electron chi connectivity index (χ3n) is 4.10. The fourth-order valence-corrected chi connectivity index (χ4v) is 2.70. The minimum Gasteiger partial charge on any atom is -0.497 e. The molecular formula is C20H17N5O. The lowest BCUT2D eigenvalue weighted by Gasteiger charge is -2.08. The van der Waals surface area contributed by atoms with E-state index in [2.05, 4.69) is 20.3 Å². The van der Waals surface area contributed by atoms with Gasteiger partial charge in [-0.05, 0) is 55.0 Å². The van der Waals surface area contributed by atoms with E-state index in [-0.39, 0.29) is 0 Å². The van der Waals surface area contributed by atoms with Crippen molar-refractivity contribution in [1.82, 2.24) is 25.0 Å². The maximum atomic E-state index is 5.21. The number of ether oxygens (including phenoxy) is 1. The predicted molar refractivity (Wildman–Crippen MR) is 99.1 cm³/mol. The van der Waals surface area contributed by atoms with Crippen LogP contribution in [0.4, 0.5) is 0 Å². The first-order chi connectivity index (χ1) is 12.7. The van der Waals surface area contributed by atoms with Crippen molar-refractivity contribution in [3.05, 3.63) is 72.7 Å². The third-order valence-corrected chi connectivity index (χ3v) is 4.10. The van der Waals surface area contributed by atoms with Crippen LogP contribution in [0.1, 0.15) is 5.56 Å². The van der Waals surface area contributed by atoms with Gasteiger partial charge in [-0.2, -0.15) is 4.68 Å². The molecule has 26 heavy (non-hydrogen) atoms. The van der Waals surface area contributed by atoms with E-state index in [9.17, 15) is 0 Å². The third kappa shape index (κ3) is 3.04. The molecule has 4 aromatic rings. The molecule has 3 heterocycles. The Balaban J connectivity index is 1.73. The number of rotatable bonds is 4. The number of hydrogen-bond donors (Lipinski definition) is 0. The molecule has 0 aliphatic heterocycles. The Labute approximate surface area is 151 Å². The number of benzene rings is 1. The van der Waals surface area contributed by atoms with E-state index in [1.165, 1.54) is 0 Å². The van der Waals surface area contributed by atoms with Crippen LogP contribution in [0.3, 0.4) is 0 Å². The molecular weight excluding hydrogens is 326 g/mol. The second-order valence-electron chi connectivity index (χ2n) is 5.88. The van der Waals surface area contributed by atoms with Crippen LogP contribution in [-0.2, 0) is 0 Å². The van der Waals surface area contributed by atoms with Gasteiger partial charge < -0.3 is 4.74 Å². The van der Waals surface area contributed by atoms with E-state index >= 15 is 0 Å². The number of hydrogen-bond acceptors (Lipinski definition) is 5. The van der Waals surface area contributed by atoms with Crippen LogP contribution in [0.25, 0.3) is 28.3 Å². The fraction of sp³-hybridized carbons (Fsp3) is 0.100. The molecule has 0 unspecified atom stereocenters. The summed E-state index contributed by atoms with van der Waals surface area (Å²) in [6.45, 7) is 2.00. The number of pyridine rings is 2. The Morgan fingerprint density at radius 3 is 2.46 bits per heavy atom. The Morgan fingerprint density at radius 2 is 1.73 bits per heavy atom. The van der Waals surface area contributed by atoms with Crippen molar-refractivity contribution >= 4 is 0 Å². The monoisotopic (exact) mass is 343 g/mol. The zero-order valence-electron chi connectivity index (χ0n) is 14.5. The molecule has 0 aliphatic carbocycles. The number of aryl methyl sites for hydroxylation is 1. The summed E-state index contributed by atoms with van der Waals surface area (Å²) in [5.41, 5.74) is 4.81. The lowest BCUT2D eigenvalue weighted by atomic mass is 10.1. The molecule has 0 bridgehead atoms. The van der Waals surface area contributed by atoms with Gasteiger partial charge in [-0.25, -0.2) is 4.98 Å². The zero-order chi connectivity index (χ0) is 17.9. The number of nitrogens with zero attached hydrogens (tertiary/aromatic N) is 5. The van der Waals surface area contributed by atoms with Crippen molar-refractivity contribution in [3.63, 3.8) is 0 Å². The molecule has 0 N–H and O–H groups in total. The van der Waals surface area contributed by atoms with E-state index in [0.717, 1.165) is 39.6 Å². The van der Waals surface area contributed by atoms with Gasteiger partial charge in [0.15, 0.2) is 5.82 Å². The first-order valence-corrected chi connectivity index (χ1v) is 8.19. The standard InChI is InChI=1S/C20H17N5O/c1-14-3-8-20(22-12-14)25-19(13-23-24-25)16-9-10-21-18(11-16)15-4-6-17(26-2)7-5-15/h3-13H,1-2H3. The van der Waals surface area contributed by atoms with Gasteiger partial charge in [-0.1, -0.05) is 11.3 Å². The molecule has 4 rings (SSSR count). The van der Waals surface area contributed by atoms with E-state index in [1.54, 1.807) is 24.2 Å². The maximum absolute atomic E-state index is 5.21. The fourth-order valence-electron chi connectivity index (χ4n) is 2.70. The molecule has 6 nitrogen and oxygen atoms in total. The normalized spacial score (nSPS) is 10.7. The van der Waals surface area contributed by atoms with Crippen molar-refractivity contribution in [2.75, 3.05) is 7.11 Å². The van der Waals surface area contributed by atoms with Crippen LogP contribution < -0.4 is 4.74 Å². The van der Waals surface area contributed by atoms with Crippen molar-refractivity contribution in [2.24, 2.45) is 0 Å². The molecule has 3 aromatic heterocycles. The summed E-state index contributed by atoms with van der Waals surface area (Å²) in [6, 6.07) is 15.7. The SMILES string of the molecule is COc1ccc(-c2cc(-c3cnnn3-c3ccc(C)cn3)ccn2)cc1. The molecule has 0 atom stereocenters. The molecule has 6 heteroatoms. The second-order valence-corrected chi connectivity index (χ2v) is 5.88. The Kier molecular flexibility index (Phi) is 4.15. The van der Waals surface area contributed by atoms with Crippen molar-refractivity contribution in [1.29, 1.82) is 0 Å². The predicted octanol–water partition coefficient (Wildman–Crippen LogP) is 3.71. The number of methoxy groups -OCH3 is 1. The number of aromatic nitrogens is 5. The molecule has 0 aliphatic rings. The summed E-state index contributed by atoms with van der Waals surface area (Å²) in [6.07, 6.45) is 5.33. The van der Waals surface area contributed by atoms with E-state index in [4.69, 9.17) is 4.74 Å². The molecule has 0 saturated heterocycles. The average Bonchev–Trinajstić information content (AvgIpc) is 3.19. The van der Waals surface area contributed by atoms with Crippen molar-refractivity contribution < 1.29 is 4.74 Å². The minimum absolute atomic E-state index is 0.728. The quantitative estimate of drug-likeness (QED) is 0.565. The van der Waals surface area contributed by atoms with Crippen LogP contribution in [0.5, 0.6) is 5.75 Å². The minimum atomic E-state index is 0.728. The highest BCUT2D eigenvalue weighted by atomic mass is 16.5. The molecule has 0 amide bonds. The van der Waals surface area contributed by atoms with Crippen LogP contribution >= 0.6 is 0 Å². The van der Waals surface area contributed by atoms with Gasteiger partial charge >= 0.3 is 0 Å². The Bertz CT molecular complexity index is 1020. The topological polar surface area (TPSA) is 65.7 Å². The lowest BCUT2D eigenvalue weighted by molar-refractivity contribution is 0.415. The van der Waals surface area contributed by atoms with E-state index in [0.29, 0.717) is 0 Å². The molecule has 128 valence electrons. The van der Waals surface area contributed by atoms with Gasteiger partial charge in [0, 0.05) is 23.5 Å². The summed E-state index contributed by atoms with van der Waals surface area (Å²) in [5, 5.41) is 8.24. The van der Waals surface area contributed by atoms with Crippen LogP contribution in [0, 0.1) is 6.92 Å². The van der Waals surface area contributed by atoms with E-state index < -0.39 is 0 Å². The van der Waals surface area contributed by atoms with Crippen LogP contribution in [0.15, 0.2) is 67.1 Å². The molecule has 0 radical (unpaired) electrons. The average molecular weight is 343 g/mol. The van der Waals surface area contributed by atoms with Gasteiger partial charge in [-0.3, -0.25) is 4.98 Å². The zero-order valence-corrected chi connectivity index (χ0v) is 14.5. The van der Waals surface area contributed by atoms with Gasteiger partial charge in [-0.15, -0.1) is 5.10 Å². The highest BCUT2D eigenvalue weighted by Crippen LogP contribution is 2.26. The molecule has 0 fully saturated rings. The van der Waals surface area contributed by atoms with Gasteiger partial charge in [0.1, 0.15) is 5.75 Å². The summed E-state index contributed by atoms with van der Waals surface area (Å²) < 4.78 is 6.94. The van der Waals surface area contributed by atoms with E-state index in [1.807, 2.05) is 61.7 Å². The molecule has 0 spiro atoms. The molecule has 0 saturated carbocycles. The first-order valence-electron chi connectivity index (χ1n) is 8.19. The Hall–Kier alpha value is -3.54. The Morgan fingerprint density at radius 1 is 0.885 bits per heavy atom. The summed E-state index contributed by atoms with van der Waals surface area (Å²) in [7, 11) is 1.65. The van der Waals surface area contributed by atoms with Gasteiger partial charge in [0.2, 0.25) is 0 Å². The largest absolute Gasteiger partial charge is 0.497 e. The second kappa shape index (κ2) is 6.76. The van der Waals surface area contributed by atoms with Crippen LogP contribution in [-0.4, -0.2) is 32.1 Å². The highest BCUT2D eigenvalue weighted by molar-refractivity contribution is 5.69. The summed E-state index contributed by atoms with van der Waals surface area (Å²) in [5.74, 6) is 1.54. The van der Waals surface area contributed by atoms with Gasteiger partial charge in [0.05, 0.1) is 24.7 Å². The lowest BCUT2D eigenvalue weighted by Crippen LogP contribution is -2.02. The van der Waals surface area contributed by atoms with Gasteiger partial charge in [0.25, 0.3) is 0 Å². The molecule has 1 aromatic carbocycles. The van der Waals surface area contributed by atoms with Crippen LogP contribution in [0.2, 0.25) is 0 Å². The maximum Gasteiger partial charge on any atom is 0.155 e. The van der Waals surface area contributed by atoms with Crippen molar-refractivity contribution in [2.45, 2.75) is 6.92 Å².